The molecule has 0 fully saturated rings. The highest BCUT2D eigenvalue weighted by molar-refractivity contribution is 5.47. The molecule has 0 aliphatic heterocycles. The summed E-state index contributed by atoms with van der Waals surface area (Å²) in [5, 5.41) is 10.7. The van der Waals surface area contributed by atoms with Crippen molar-refractivity contribution < 1.29 is 14.6 Å². The van der Waals surface area contributed by atoms with Crippen LogP contribution in [0, 0.1) is 5.92 Å². The number of ether oxygens (including phenoxy) is 2. The molecule has 3 aromatic carbocycles. The lowest BCUT2D eigenvalue weighted by molar-refractivity contribution is -0.0641. The second kappa shape index (κ2) is 13.3. The molecule has 0 radical (unpaired) electrons. The van der Waals surface area contributed by atoms with Crippen molar-refractivity contribution in [1.29, 1.82) is 0 Å². The molecule has 3 nitrogen and oxygen atoms in total. The number of unbranched alkanes of at least 4 members (excludes halogenated alkanes) is 2. The van der Waals surface area contributed by atoms with E-state index in [4.69, 9.17) is 9.47 Å². The minimum Gasteiger partial charge on any atom is -0.388 e. The van der Waals surface area contributed by atoms with Crippen LogP contribution in [0.15, 0.2) is 91.0 Å². The zero-order valence-corrected chi connectivity index (χ0v) is 20.0. The average molecular weight is 447 g/mol. The van der Waals surface area contributed by atoms with Gasteiger partial charge in [0.1, 0.15) is 11.7 Å². The Morgan fingerprint density at radius 3 is 1.61 bits per heavy atom. The first kappa shape index (κ1) is 25.2. The van der Waals surface area contributed by atoms with Crippen molar-refractivity contribution in [1.82, 2.24) is 0 Å². The lowest BCUT2D eigenvalue weighted by Gasteiger charge is -2.36. The fraction of sp³-hybridized carbons (Fsp3) is 0.400. The van der Waals surface area contributed by atoms with Gasteiger partial charge in [-0.25, -0.2) is 0 Å². The molecule has 3 heteroatoms. The summed E-state index contributed by atoms with van der Waals surface area (Å²) < 4.78 is 12.4. The van der Waals surface area contributed by atoms with E-state index >= 15 is 0 Å². The van der Waals surface area contributed by atoms with E-state index in [-0.39, 0.29) is 13.2 Å². The number of rotatable bonds is 14. The number of hydrogen-bond acceptors (Lipinski definition) is 3. The van der Waals surface area contributed by atoms with Crippen LogP contribution in [0.1, 0.15) is 56.2 Å². The van der Waals surface area contributed by atoms with E-state index < -0.39 is 11.7 Å². The topological polar surface area (TPSA) is 38.7 Å². The van der Waals surface area contributed by atoms with Crippen LogP contribution in [0.3, 0.4) is 0 Å². The normalized spacial score (nSPS) is 12.7. The molecule has 176 valence electrons. The molecule has 0 unspecified atom stereocenters. The molecule has 0 aliphatic carbocycles. The number of aliphatic hydroxyl groups is 1. The van der Waals surface area contributed by atoms with Crippen LogP contribution in [0.5, 0.6) is 0 Å². The quantitative estimate of drug-likeness (QED) is 0.224. The molecule has 0 bridgehead atoms. The molecule has 0 heterocycles. The fourth-order valence-electron chi connectivity index (χ4n) is 4.19. The first-order valence-electron chi connectivity index (χ1n) is 12.2. The van der Waals surface area contributed by atoms with Gasteiger partial charge in [-0.15, -0.1) is 0 Å². The summed E-state index contributed by atoms with van der Waals surface area (Å²) in [4.78, 5) is 0. The summed E-state index contributed by atoms with van der Waals surface area (Å²) in [6, 6.07) is 30.7. The van der Waals surface area contributed by atoms with Gasteiger partial charge in [0, 0.05) is 6.61 Å². The molecule has 0 saturated heterocycles. The summed E-state index contributed by atoms with van der Waals surface area (Å²) in [5.41, 5.74) is 2.27. The minimum absolute atomic E-state index is 0.173. The first-order valence-corrected chi connectivity index (χ1v) is 12.2. The van der Waals surface area contributed by atoms with E-state index in [1.54, 1.807) is 0 Å². The molecule has 1 N–H and O–H groups in total. The molecule has 0 aliphatic rings. The van der Waals surface area contributed by atoms with Crippen LogP contribution in [0.4, 0.5) is 0 Å². The highest BCUT2D eigenvalue weighted by atomic mass is 16.5. The van der Waals surface area contributed by atoms with Gasteiger partial charge in [0.25, 0.3) is 0 Å². The van der Waals surface area contributed by atoms with Gasteiger partial charge in [0.15, 0.2) is 0 Å². The lowest BCUT2D eigenvalue weighted by Crippen LogP contribution is -2.36. The van der Waals surface area contributed by atoms with Gasteiger partial charge in [-0.2, -0.15) is 0 Å². The van der Waals surface area contributed by atoms with Gasteiger partial charge < -0.3 is 14.6 Å². The van der Waals surface area contributed by atoms with Crippen LogP contribution in [-0.2, 0) is 15.1 Å². The van der Waals surface area contributed by atoms with Gasteiger partial charge in [-0.05, 0) is 29.0 Å². The predicted molar refractivity (Wildman–Crippen MR) is 135 cm³/mol. The van der Waals surface area contributed by atoms with Crippen LogP contribution >= 0.6 is 0 Å². The van der Waals surface area contributed by atoms with Gasteiger partial charge in [-0.1, -0.05) is 124 Å². The van der Waals surface area contributed by atoms with E-state index in [1.807, 2.05) is 54.6 Å². The highest BCUT2D eigenvalue weighted by Crippen LogP contribution is 2.40. The van der Waals surface area contributed by atoms with Gasteiger partial charge in [0.2, 0.25) is 0 Å². The van der Waals surface area contributed by atoms with Gasteiger partial charge in [0.05, 0.1) is 13.2 Å². The summed E-state index contributed by atoms with van der Waals surface area (Å²) in [6.45, 7) is 5.64. The Kier molecular flexibility index (Phi) is 10.1. The second-order valence-corrected chi connectivity index (χ2v) is 9.06. The maximum Gasteiger partial charge on any atom is 0.143 e. The van der Waals surface area contributed by atoms with Crippen molar-refractivity contribution in [2.75, 3.05) is 19.8 Å². The van der Waals surface area contributed by atoms with E-state index in [2.05, 4.69) is 50.2 Å². The zero-order chi connectivity index (χ0) is 23.4. The van der Waals surface area contributed by atoms with Crippen LogP contribution in [-0.4, -0.2) is 31.0 Å². The summed E-state index contributed by atoms with van der Waals surface area (Å²) in [5.74, 6) is 0.754. The molecule has 1 atom stereocenters. The summed E-state index contributed by atoms with van der Waals surface area (Å²) in [7, 11) is 0. The van der Waals surface area contributed by atoms with Crippen LogP contribution in [0.25, 0.3) is 0 Å². The Hall–Kier alpha value is -2.46. The van der Waals surface area contributed by atoms with Crippen molar-refractivity contribution in [3.8, 4) is 0 Å². The standard InChI is InChI=1S/C30H38O3/c1-25(2)15-7-6-14-22-32-23-29(31)24-33-30(26-16-8-3-9-17-26,27-18-10-4-11-19-27)28-20-12-5-13-21-28/h3-5,8-13,16-21,25,29,31H,6-7,14-15,22-24H2,1-2H3/t29-/m1/s1. The Balaban J connectivity index is 1.71. The van der Waals surface area contributed by atoms with Crippen molar-refractivity contribution >= 4 is 0 Å². The Labute approximate surface area is 199 Å². The van der Waals surface area contributed by atoms with Gasteiger partial charge in [-0.3, -0.25) is 0 Å². The summed E-state index contributed by atoms with van der Waals surface area (Å²) >= 11 is 0. The highest BCUT2D eigenvalue weighted by Gasteiger charge is 2.37. The third-order valence-corrected chi connectivity index (χ3v) is 5.91. The van der Waals surface area contributed by atoms with Crippen LogP contribution in [0.2, 0.25) is 0 Å². The summed E-state index contributed by atoms with van der Waals surface area (Å²) in [6.07, 6.45) is 4.00. The van der Waals surface area contributed by atoms with Gasteiger partial charge >= 0.3 is 0 Å². The molecular formula is C30H38O3. The average Bonchev–Trinajstić information content (AvgIpc) is 2.86. The Bertz CT molecular complexity index is 797. The number of benzene rings is 3. The maximum atomic E-state index is 10.7. The molecule has 0 aromatic heterocycles. The molecule has 0 saturated carbocycles. The second-order valence-electron chi connectivity index (χ2n) is 9.06. The molecular weight excluding hydrogens is 408 g/mol. The Morgan fingerprint density at radius 1 is 0.667 bits per heavy atom. The minimum atomic E-state index is -0.818. The first-order chi connectivity index (χ1) is 16.1. The van der Waals surface area contributed by atoms with E-state index in [1.165, 1.54) is 19.3 Å². The molecule has 0 amide bonds. The van der Waals surface area contributed by atoms with Crippen molar-refractivity contribution in [3.05, 3.63) is 108 Å². The number of aliphatic hydroxyl groups excluding tert-OH is 1. The smallest absolute Gasteiger partial charge is 0.143 e. The lowest BCUT2D eigenvalue weighted by atomic mass is 9.80. The van der Waals surface area contributed by atoms with Crippen molar-refractivity contribution in [3.63, 3.8) is 0 Å². The van der Waals surface area contributed by atoms with E-state index in [0.717, 1.165) is 29.0 Å². The van der Waals surface area contributed by atoms with E-state index in [9.17, 15) is 5.11 Å². The third-order valence-electron chi connectivity index (χ3n) is 5.91. The van der Waals surface area contributed by atoms with E-state index in [0.29, 0.717) is 6.61 Å². The largest absolute Gasteiger partial charge is 0.388 e. The maximum absolute atomic E-state index is 10.7. The monoisotopic (exact) mass is 446 g/mol. The van der Waals surface area contributed by atoms with Crippen LogP contribution < -0.4 is 0 Å². The van der Waals surface area contributed by atoms with Crippen molar-refractivity contribution in [2.45, 2.75) is 51.2 Å². The third kappa shape index (κ3) is 7.26. The number of hydrogen-bond donors (Lipinski definition) is 1. The molecule has 3 rings (SSSR count). The zero-order valence-electron chi connectivity index (χ0n) is 20.0. The Morgan fingerprint density at radius 2 is 1.15 bits per heavy atom. The molecule has 0 spiro atoms. The fourth-order valence-corrected chi connectivity index (χ4v) is 4.19. The predicted octanol–water partition coefficient (Wildman–Crippen LogP) is 6.59. The van der Waals surface area contributed by atoms with Crippen molar-refractivity contribution in [2.24, 2.45) is 5.92 Å². The molecule has 33 heavy (non-hydrogen) atoms. The molecule has 3 aromatic rings. The SMILES string of the molecule is CC(C)CCCCCOC[C@@H](O)COC(c1ccccc1)(c1ccccc1)c1ccccc1.